The molecule has 3 N–H and O–H groups in total. The van der Waals surface area contributed by atoms with Crippen molar-refractivity contribution in [2.45, 2.75) is 18.8 Å². The van der Waals surface area contributed by atoms with Crippen molar-refractivity contribution >= 4 is 11.7 Å². The fraction of sp³-hybridized carbons (Fsp3) is 0.208. The number of benzene rings is 3. The van der Waals surface area contributed by atoms with Gasteiger partial charge in [-0.1, -0.05) is 0 Å². The maximum Gasteiger partial charge on any atom is 0.337 e. The number of nitrogens with one attached hydrogen (secondary N) is 2. The van der Waals surface area contributed by atoms with Gasteiger partial charge in [0.25, 0.3) is 5.69 Å². The second-order valence-electron chi connectivity index (χ2n) is 7.61. The van der Waals surface area contributed by atoms with E-state index in [1.54, 1.807) is 48.5 Å². The number of phenols is 1. The van der Waals surface area contributed by atoms with Gasteiger partial charge < -0.3 is 19.3 Å². The molecule has 0 aromatic heterocycles. The third-order valence-corrected chi connectivity index (χ3v) is 5.39. The number of aromatic hydroxyl groups is 1. The van der Waals surface area contributed by atoms with Gasteiger partial charge >= 0.3 is 5.97 Å². The number of non-ortho nitro benzene ring substituents is 1. The normalized spacial score (nSPS) is 17.2. The Morgan fingerprint density at radius 3 is 2.44 bits per heavy atom. The van der Waals surface area contributed by atoms with E-state index in [1.807, 2.05) is 0 Å². The van der Waals surface area contributed by atoms with E-state index in [-0.39, 0.29) is 30.2 Å². The molecule has 1 aliphatic rings. The molecular formula is C24H23N3O7. The molecule has 3 aromatic carbocycles. The zero-order valence-electron chi connectivity index (χ0n) is 18.3. The van der Waals surface area contributed by atoms with E-state index in [2.05, 4.69) is 10.9 Å². The Kier molecular flexibility index (Phi) is 6.90. The second-order valence-corrected chi connectivity index (χ2v) is 7.61. The number of nitro benzene ring substituents is 1. The number of hydrazine groups is 1. The van der Waals surface area contributed by atoms with Crippen molar-refractivity contribution < 1.29 is 29.0 Å². The Bertz CT molecular complexity index is 1170. The molecule has 3 aromatic rings. The number of hydrogen-bond donors (Lipinski definition) is 3. The minimum absolute atomic E-state index is 0.0135. The van der Waals surface area contributed by atoms with E-state index >= 15 is 0 Å². The first kappa shape index (κ1) is 23.0. The topological polar surface area (TPSA) is 132 Å². The number of ether oxygens (including phenoxy) is 3. The maximum absolute atomic E-state index is 11.6. The molecule has 176 valence electrons. The third kappa shape index (κ3) is 5.25. The number of hydrogen-bond acceptors (Lipinski definition) is 9. The van der Waals surface area contributed by atoms with Crippen molar-refractivity contribution in [2.75, 3.05) is 13.7 Å². The average Bonchev–Trinajstić information content (AvgIpc) is 3.30. The van der Waals surface area contributed by atoms with Gasteiger partial charge in [0.2, 0.25) is 0 Å². The van der Waals surface area contributed by atoms with Crippen molar-refractivity contribution in [3.8, 4) is 17.2 Å². The fourth-order valence-electron chi connectivity index (χ4n) is 3.59. The quantitative estimate of drug-likeness (QED) is 0.260. The van der Waals surface area contributed by atoms with E-state index < -0.39 is 10.9 Å². The lowest BCUT2D eigenvalue weighted by Gasteiger charge is -2.21. The van der Waals surface area contributed by atoms with Gasteiger partial charge in [-0.2, -0.15) is 0 Å². The van der Waals surface area contributed by atoms with E-state index in [4.69, 9.17) is 14.2 Å². The fourth-order valence-corrected chi connectivity index (χ4v) is 3.59. The molecule has 2 unspecified atom stereocenters. The summed E-state index contributed by atoms with van der Waals surface area (Å²) >= 11 is 0. The maximum atomic E-state index is 11.6. The van der Waals surface area contributed by atoms with Crippen LogP contribution >= 0.6 is 0 Å². The van der Waals surface area contributed by atoms with Gasteiger partial charge in [-0.25, -0.2) is 10.2 Å². The number of phenolic OH excluding ortho intramolecular Hbond substituents is 1. The van der Waals surface area contributed by atoms with Crippen LogP contribution in [0.2, 0.25) is 0 Å². The molecule has 1 heterocycles. The van der Waals surface area contributed by atoms with Gasteiger partial charge in [0.1, 0.15) is 30.0 Å². The lowest BCUT2D eigenvalue weighted by molar-refractivity contribution is -0.384. The van der Waals surface area contributed by atoms with Crippen LogP contribution in [0.15, 0.2) is 66.7 Å². The standard InChI is InChI=1S/C24H23N3O7/c1-32-24(29)16-4-8-18(9-5-16)34-22-13-25-26-23(22)20-11-10-19(12-21(20)28)33-14-15-2-6-17(7-3-15)27(30)31/h2-12,22-23,25-26,28H,13-14H2,1H3. The van der Waals surface area contributed by atoms with Crippen LogP contribution in [0.1, 0.15) is 27.5 Å². The zero-order valence-corrected chi connectivity index (χ0v) is 18.3. The van der Waals surface area contributed by atoms with Crippen molar-refractivity contribution in [3.63, 3.8) is 0 Å². The van der Waals surface area contributed by atoms with Crippen LogP contribution in [0.5, 0.6) is 17.2 Å². The number of rotatable bonds is 8. The Morgan fingerprint density at radius 2 is 1.79 bits per heavy atom. The van der Waals surface area contributed by atoms with Crippen LogP contribution in [-0.4, -0.2) is 35.8 Å². The molecule has 2 atom stereocenters. The summed E-state index contributed by atoms with van der Waals surface area (Å²) in [6.45, 7) is 0.703. The van der Waals surface area contributed by atoms with Gasteiger partial charge in [0.15, 0.2) is 0 Å². The average molecular weight is 465 g/mol. The summed E-state index contributed by atoms with van der Waals surface area (Å²) in [5, 5.41) is 21.4. The third-order valence-electron chi connectivity index (χ3n) is 5.39. The first-order valence-corrected chi connectivity index (χ1v) is 10.5. The summed E-state index contributed by atoms with van der Waals surface area (Å²) in [5.74, 6) is 0.656. The molecule has 4 rings (SSSR count). The zero-order chi connectivity index (χ0) is 24.1. The molecule has 0 amide bonds. The monoisotopic (exact) mass is 465 g/mol. The Balaban J connectivity index is 1.40. The first-order chi connectivity index (χ1) is 16.4. The van der Waals surface area contributed by atoms with Gasteiger partial charge in [-0.15, -0.1) is 0 Å². The van der Waals surface area contributed by atoms with Crippen LogP contribution in [0.4, 0.5) is 5.69 Å². The van der Waals surface area contributed by atoms with E-state index in [0.717, 1.165) is 5.56 Å². The number of esters is 1. The predicted molar refractivity (Wildman–Crippen MR) is 122 cm³/mol. The molecule has 1 saturated heterocycles. The molecular weight excluding hydrogens is 442 g/mol. The van der Waals surface area contributed by atoms with Crippen LogP contribution in [0.25, 0.3) is 0 Å². The van der Waals surface area contributed by atoms with Crippen molar-refractivity contribution in [3.05, 3.63) is 93.5 Å². The van der Waals surface area contributed by atoms with Crippen LogP contribution in [0, 0.1) is 10.1 Å². The smallest absolute Gasteiger partial charge is 0.337 e. The SMILES string of the molecule is COC(=O)c1ccc(OC2CNNC2c2ccc(OCc3ccc([N+](=O)[O-])cc3)cc2O)cc1. The summed E-state index contributed by atoms with van der Waals surface area (Å²) < 4.78 is 16.5. The van der Waals surface area contributed by atoms with Crippen molar-refractivity contribution in [1.29, 1.82) is 0 Å². The largest absolute Gasteiger partial charge is 0.507 e. The molecule has 0 radical (unpaired) electrons. The van der Waals surface area contributed by atoms with Gasteiger partial charge in [0, 0.05) is 30.3 Å². The van der Waals surface area contributed by atoms with Crippen LogP contribution in [-0.2, 0) is 11.3 Å². The molecule has 0 spiro atoms. The molecule has 1 fully saturated rings. The molecule has 34 heavy (non-hydrogen) atoms. The lowest BCUT2D eigenvalue weighted by atomic mass is 10.0. The molecule has 10 nitrogen and oxygen atoms in total. The van der Waals surface area contributed by atoms with Gasteiger partial charge in [-0.3, -0.25) is 15.5 Å². The lowest BCUT2D eigenvalue weighted by Crippen LogP contribution is -2.28. The van der Waals surface area contributed by atoms with Crippen LogP contribution < -0.4 is 20.3 Å². The summed E-state index contributed by atoms with van der Waals surface area (Å²) in [5.41, 5.74) is 7.99. The molecule has 0 bridgehead atoms. The summed E-state index contributed by atoms with van der Waals surface area (Å²) in [6, 6.07) is 17.4. The minimum Gasteiger partial charge on any atom is -0.507 e. The predicted octanol–water partition coefficient (Wildman–Crippen LogP) is 3.26. The van der Waals surface area contributed by atoms with Crippen LogP contribution in [0.3, 0.4) is 0 Å². The van der Waals surface area contributed by atoms with E-state index in [0.29, 0.717) is 29.2 Å². The number of methoxy groups -OCH3 is 1. The minimum atomic E-state index is -0.457. The number of carbonyl (C=O) groups excluding carboxylic acids is 1. The first-order valence-electron chi connectivity index (χ1n) is 10.5. The van der Waals surface area contributed by atoms with E-state index in [1.165, 1.54) is 25.3 Å². The Hall–Kier alpha value is -4.15. The second kappa shape index (κ2) is 10.2. The highest BCUT2D eigenvalue weighted by Gasteiger charge is 2.32. The summed E-state index contributed by atoms with van der Waals surface area (Å²) in [4.78, 5) is 21.9. The molecule has 1 aliphatic heterocycles. The Labute approximate surface area is 195 Å². The van der Waals surface area contributed by atoms with Gasteiger partial charge in [-0.05, 0) is 54.1 Å². The Morgan fingerprint density at radius 1 is 1.09 bits per heavy atom. The number of carbonyl (C=O) groups is 1. The highest BCUT2D eigenvalue weighted by Crippen LogP contribution is 2.33. The number of nitrogens with zero attached hydrogens (tertiary/aromatic N) is 1. The van der Waals surface area contributed by atoms with Crippen molar-refractivity contribution in [2.24, 2.45) is 0 Å². The van der Waals surface area contributed by atoms with Gasteiger partial charge in [0.05, 0.1) is 23.6 Å². The highest BCUT2D eigenvalue weighted by atomic mass is 16.6. The van der Waals surface area contributed by atoms with Crippen molar-refractivity contribution in [1.82, 2.24) is 10.9 Å². The summed E-state index contributed by atoms with van der Waals surface area (Å²) in [6.07, 6.45) is -0.318. The number of nitro groups is 1. The van der Waals surface area contributed by atoms with E-state index in [9.17, 15) is 20.0 Å². The summed E-state index contributed by atoms with van der Waals surface area (Å²) in [7, 11) is 1.33. The molecule has 0 saturated carbocycles. The molecule has 0 aliphatic carbocycles. The molecule has 10 heteroatoms. The highest BCUT2D eigenvalue weighted by molar-refractivity contribution is 5.89.